The molecule has 0 fully saturated rings. The van der Waals surface area contributed by atoms with Crippen molar-refractivity contribution in [2.45, 2.75) is 0 Å². The lowest BCUT2D eigenvalue weighted by Gasteiger charge is -2.06. The molecule has 2 rings (SSSR count). The van der Waals surface area contributed by atoms with Gasteiger partial charge < -0.3 is 5.73 Å². The Morgan fingerprint density at radius 3 is 2.44 bits per heavy atom. The number of nitrogens with two attached hydrogens (primary N) is 1. The molecule has 0 saturated carbocycles. The average Bonchev–Trinajstić information content (AvgIpc) is 2.26. The summed E-state index contributed by atoms with van der Waals surface area (Å²) in [5.41, 5.74) is 7.38. The van der Waals surface area contributed by atoms with Gasteiger partial charge in [0.05, 0.1) is 21.4 Å². The summed E-state index contributed by atoms with van der Waals surface area (Å²) in [7, 11) is 0. The molecule has 0 saturated heterocycles. The van der Waals surface area contributed by atoms with Gasteiger partial charge in [-0.2, -0.15) is 0 Å². The van der Waals surface area contributed by atoms with E-state index in [1.807, 2.05) is 0 Å². The third-order valence-corrected chi connectivity index (χ3v) is 3.07. The fourth-order valence-corrected chi connectivity index (χ4v) is 1.68. The minimum absolute atomic E-state index is 0.219. The number of anilines is 1. The SMILES string of the molecule is Nc1c(Cl)ncnc1-c1ccc(Cl)c(Cl)c1. The molecule has 0 aliphatic heterocycles. The van der Waals surface area contributed by atoms with E-state index in [-0.39, 0.29) is 5.15 Å². The van der Waals surface area contributed by atoms with E-state index in [0.29, 0.717) is 21.4 Å². The van der Waals surface area contributed by atoms with Crippen LogP contribution in [0.3, 0.4) is 0 Å². The molecular formula is C10H6Cl3N3. The van der Waals surface area contributed by atoms with Crippen LogP contribution >= 0.6 is 34.8 Å². The van der Waals surface area contributed by atoms with Crippen LogP contribution in [0.25, 0.3) is 11.3 Å². The molecule has 0 atom stereocenters. The summed E-state index contributed by atoms with van der Waals surface area (Å²) >= 11 is 17.5. The van der Waals surface area contributed by atoms with Gasteiger partial charge in [0.15, 0.2) is 5.15 Å². The second-order valence-corrected chi connectivity index (χ2v) is 4.23. The molecule has 0 unspecified atom stereocenters. The number of benzene rings is 1. The highest BCUT2D eigenvalue weighted by molar-refractivity contribution is 6.42. The van der Waals surface area contributed by atoms with Crippen LogP contribution in [-0.2, 0) is 0 Å². The Labute approximate surface area is 107 Å². The van der Waals surface area contributed by atoms with E-state index in [4.69, 9.17) is 40.5 Å². The van der Waals surface area contributed by atoms with Gasteiger partial charge in [-0.15, -0.1) is 0 Å². The summed E-state index contributed by atoms with van der Waals surface area (Å²) in [6.07, 6.45) is 1.34. The lowest BCUT2D eigenvalue weighted by molar-refractivity contribution is 1.18. The molecule has 1 aromatic heterocycles. The van der Waals surface area contributed by atoms with Gasteiger partial charge >= 0.3 is 0 Å². The minimum Gasteiger partial charge on any atom is -0.394 e. The summed E-state index contributed by atoms with van der Waals surface area (Å²) in [5, 5.41) is 1.13. The fourth-order valence-electron chi connectivity index (χ4n) is 1.25. The third kappa shape index (κ3) is 2.07. The summed E-state index contributed by atoms with van der Waals surface area (Å²) in [6.45, 7) is 0. The number of nitrogen functional groups attached to an aromatic ring is 1. The van der Waals surface area contributed by atoms with Crippen molar-refractivity contribution in [3.63, 3.8) is 0 Å². The van der Waals surface area contributed by atoms with Crippen LogP contribution in [0.15, 0.2) is 24.5 Å². The Balaban J connectivity index is 2.59. The Bertz CT molecular complexity index is 543. The van der Waals surface area contributed by atoms with Crippen molar-refractivity contribution in [2.75, 3.05) is 5.73 Å². The first-order chi connectivity index (χ1) is 7.59. The minimum atomic E-state index is 0.219. The van der Waals surface area contributed by atoms with E-state index in [2.05, 4.69) is 9.97 Å². The van der Waals surface area contributed by atoms with E-state index < -0.39 is 0 Å². The number of aromatic nitrogens is 2. The summed E-state index contributed by atoms with van der Waals surface area (Å²) in [6, 6.07) is 5.12. The largest absolute Gasteiger partial charge is 0.394 e. The predicted octanol–water partition coefficient (Wildman–Crippen LogP) is 3.69. The first kappa shape index (κ1) is 11.5. The van der Waals surface area contributed by atoms with Crippen LogP contribution in [-0.4, -0.2) is 9.97 Å². The molecule has 3 nitrogen and oxygen atoms in total. The number of rotatable bonds is 1. The van der Waals surface area contributed by atoms with Crippen molar-refractivity contribution in [1.82, 2.24) is 9.97 Å². The molecule has 1 heterocycles. The zero-order valence-electron chi connectivity index (χ0n) is 7.92. The summed E-state index contributed by atoms with van der Waals surface area (Å²) in [5.74, 6) is 0. The van der Waals surface area contributed by atoms with Gasteiger partial charge in [0.25, 0.3) is 0 Å². The molecular weight excluding hydrogens is 268 g/mol. The third-order valence-electron chi connectivity index (χ3n) is 2.03. The van der Waals surface area contributed by atoms with Gasteiger partial charge in [0, 0.05) is 5.56 Å². The van der Waals surface area contributed by atoms with Crippen LogP contribution < -0.4 is 5.73 Å². The van der Waals surface area contributed by atoms with Crippen LogP contribution in [0, 0.1) is 0 Å². The predicted molar refractivity (Wildman–Crippen MR) is 66.9 cm³/mol. The normalized spacial score (nSPS) is 10.4. The topological polar surface area (TPSA) is 51.8 Å². The van der Waals surface area contributed by atoms with E-state index in [0.717, 1.165) is 5.56 Å². The van der Waals surface area contributed by atoms with Crippen LogP contribution in [0.4, 0.5) is 5.69 Å². The first-order valence-corrected chi connectivity index (χ1v) is 5.44. The maximum Gasteiger partial charge on any atom is 0.155 e. The Hall–Kier alpha value is -1.03. The quantitative estimate of drug-likeness (QED) is 0.807. The standard InChI is InChI=1S/C10H6Cl3N3/c11-6-2-1-5(3-7(6)12)9-8(14)10(13)16-4-15-9/h1-4H,14H2. The van der Waals surface area contributed by atoms with Crippen molar-refractivity contribution in [1.29, 1.82) is 0 Å². The van der Waals surface area contributed by atoms with Crippen molar-refractivity contribution in [2.24, 2.45) is 0 Å². The number of hydrogen-bond donors (Lipinski definition) is 1. The van der Waals surface area contributed by atoms with Crippen molar-refractivity contribution >= 4 is 40.5 Å². The van der Waals surface area contributed by atoms with E-state index >= 15 is 0 Å². The van der Waals surface area contributed by atoms with Crippen molar-refractivity contribution in [3.8, 4) is 11.3 Å². The van der Waals surface area contributed by atoms with Crippen molar-refractivity contribution in [3.05, 3.63) is 39.7 Å². The Kier molecular flexibility index (Phi) is 3.19. The van der Waals surface area contributed by atoms with E-state index in [1.165, 1.54) is 6.33 Å². The molecule has 16 heavy (non-hydrogen) atoms. The van der Waals surface area contributed by atoms with Gasteiger partial charge in [-0.3, -0.25) is 0 Å². The van der Waals surface area contributed by atoms with Crippen LogP contribution in [0.1, 0.15) is 0 Å². The fraction of sp³-hybridized carbons (Fsp3) is 0. The molecule has 0 bridgehead atoms. The zero-order valence-corrected chi connectivity index (χ0v) is 10.2. The molecule has 82 valence electrons. The van der Waals surface area contributed by atoms with Crippen LogP contribution in [0.5, 0.6) is 0 Å². The highest BCUT2D eigenvalue weighted by Crippen LogP contribution is 2.31. The number of halogens is 3. The van der Waals surface area contributed by atoms with Crippen LogP contribution in [0.2, 0.25) is 15.2 Å². The monoisotopic (exact) mass is 273 g/mol. The molecule has 0 spiro atoms. The molecule has 2 aromatic rings. The first-order valence-electron chi connectivity index (χ1n) is 4.31. The van der Waals surface area contributed by atoms with Gasteiger partial charge in [0.1, 0.15) is 6.33 Å². The maximum absolute atomic E-state index is 5.91. The highest BCUT2D eigenvalue weighted by atomic mass is 35.5. The molecule has 0 amide bonds. The van der Waals surface area contributed by atoms with Gasteiger partial charge in [-0.1, -0.05) is 40.9 Å². The lowest BCUT2D eigenvalue weighted by atomic mass is 10.1. The smallest absolute Gasteiger partial charge is 0.155 e. The van der Waals surface area contributed by atoms with E-state index in [9.17, 15) is 0 Å². The van der Waals surface area contributed by atoms with Gasteiger partial charge in [0.2, 0.25) is 0 Å². The van der Waals surface area contributed by atoms with Crippen molar-refractivity contribution < 1.29 is 0 Å². The van der Waals surface area contributed by atoms with Gasteiger partial charge in [-0.25, -0.2) is 9.97 Å². The zero-order chi connectivity index (χ0) is 11.7. The maximum atomic E-state index is 5.91. The molecule has 2 N–H and O–H groups in total. The molecule has 0 aliphatic carbocycles. The molecule has 1 aromatic carbocycles. The summed E-state index contributed by atoms with van der Waals surface area (Å²) < 4.78 is 0. The lowest BCUT2D eigenvalue weighted by Crippen LogP contribution is -1.96. The second kappa shape index (κ2) is 4.45. The molecule has 0 radical (unpaired) electrons. The average molecular weight is 275 g/mol. The van der Waals surface area contributed by atoms with Gasteiger partial charge in [-0.05, 0) is 12.1 Å². The summed E-state index contributed by atoms with van der Waals surface area (Å²) in [4.78, 5) is 7.83. The number of hydrogen-bond acceptors (Lipinski definition) is 3. The van der Waals surface area contributed by atoms with E-state index in [1.54, 1.807) is 18.2 Å². The molecule has 0 aliphatic rings. The Morgan fingerprint density at radius 2 is 1.75 bits per heavy atom. The highest BCUT2D eigenvalue weighted by Gasteiger charge is 2.09. The second-order valence-electron chi connectivity index (χ2n) is 3.06. The number of nitrogens with zero attached hydrogens (tertiary/aromatic N) is 2. The molecule has 6 heteroatoms. The Morgan fingerprint density at radius 1 is 1.00 bits per heavy atom.